The van der Waals surface area contributed by atoms with Gasteiger partial charge in [-0.3, -0.25) is 0 Å². The number of anilines is 1. The Bertz CT molecular complexity index is 390. The molecule has 1 aliphatic rings. The van der Waals surface area contributed by atoms with Crippen molar-refractivity contribution in [1.29, 1.82) is 0 Å². The summed E-state index contributed by atoms with van der Waals surface area (Å²) in [4.78, 5) is 2.40. The van der Waals surface area contributed by atoms with Crippen molar-refractivity contribution in [3.8, 4) is 0 Å². The van der Waals surface area contributed by atoms with Crippen LogP contribution in [0.15, 0.2) is 18.2 Å². The summed E-state index contributed by atoms with van der Waals surface area (Å²) in [6.07, 6.45) is 1.27. The zero-order valence-corrected chi connectivity index (χ0v) is 11.4. The van der Waals surface area contributed by atoms with Crippen LogP contribution >= 0.6 is 11.6 Å². The summed E-state index contributed by atoms with van der Waals surface area (Å²) in [5, 5.41) is 0.831. The van der Waals surface area contributed by atoms with Crippen molar-refractivity contribution in [1.82, 2.24) is 0 Å². The minimum Gasteiger partial charge on any atom is -0.370 e. The van der Waals surface area contributed by atoms with Crippen LogP contribution in [-0.2, 0) is 6.54 Å². The molecule has 0 radical (unpaired) electrons. The highest BCUT2D eigenvalue weighted by Crippen LogP contribution is 2.33. The number of hydrogen-bond acceptors (Lipinski definition) is 2. The standard InChI is InChI=1S/C14H21ClN2/c1-10(2)12-5-6-17(9-12)14-4-3-11(8-16)7-13(14)15/h3-4,7,10,12H,5-6,8-9,16H2,1-2H3. The van der Waals surface area contributed by atoms with E-state index < -0.39 is 0 Å². The number of nitrogens with two attached hydrogens (primary N) is 1. The molecular formula is C14H21ClN2. The van der Waals surface area contributed by atoms with Crippen LogP contribution in [0.25, 0.3) is 0 Å². The molecule has 94 valence electrons. The smallest absolute Gasteiger partial charge is 0.0642 e. The van der Waals surface area contributed by atoms with Gasteiger partial charge in [0.1, 0.15) is 0 Å². The first kappa shape index (κ1) is 12.7. The highest BCUT2D eigenvalue weighted by Gasteiger charge is 2.25. The Morgan fingerprint density at radius 3 is 2.76 bits per heavy atom. The lowest BCUT2D eigenvalue weighted by molar-refractivity contribution is 0.423. The fourth-order valence-corrected chi connectivity index (χ4v) is 2.81. The maximum absolute atomic E-state index is 6.32. The van der Waals surface area contributed by atoms with Gasteiger partial charge in [0.25, 0.3) is 0 Å². The molecule has 1 aromatic carbocycles. The molecule has 1 saturated heterocycles. The van der Waals surface area contributed by atoms with Gasteiger partial charge < -0.3 is 10.6 Å². The van der Waals surface area contributed by atoms with Gasteiger partial charge in [0.05, 0.1) is 10.7 Å². The van der Waals surface area contributed by atoms with Crippen LogP contribution < -0.4 is 10.6 Å². The van der Waals surface area contributed by atoms with Crippen LogP contribution in [0.4, 0.5) is 5.69 Å². The second-order valence-corrected chi connectivity index (χ2v) is 5.64. The zero-order valence-electron chi connectivity index (χ0n) is 10.6. The van der Waals surface area contributed by atoms with E-state index in [1.54, 1.807) is 0 Å². The monoisotopic (exact) mass is 252 g/mol. The van der Waals surface area contributed by atoms with Crippen molar-refractivity contribution in [2.45, 2.75) is 26.8 Å². The van der Waals surface area contributed by atoms with E-state index in [4.69, 9.17) is 17.3 Å². The van der Waals surface area contributed by atoms with E-state index in [1.165, 1.54) is 6.42 Å². The Kier molecular flexibility index (Phi) is 3.95. The Hall–Kier alpha value is -0.730. The fraction of sp³-hybridized carbons (Fsp3) is 0.571. The van der Waals surface area contributed by atoms with Crippen molar-refractivity contribution in [3.63, 3.8) is 0 Å². The van der Waals surface area contributed by atoms with E-state index in [1.807, 2.05) is 6.07 Å². The highest BCUT2D eigenvalue weighted by molar-refractivity contribution is 6.33. The van der Waals surface area contributed by atoms with Gasteiger partial charge in [-0.05, 0) is 36.0 Å². The molecule has 0 aliphatic carbocycles. The average Bonchev–Trinajstić information content (AvgIpc) is 2.78. The normalized spacial score (nSPS) is 20.3. The largest absolute Gasteiger partial charge is 0.370 e. The molecule has 0 amide bonds. The van der Waals surface area contributed by atoms with Crippen molar-refractivity contribution in [3.05, 3.63) is 28.8 Å². The summed E-state index contributed by atoms with van der Waals surface area (Å²) in [6, 6.07) is 6.16. The number of hydrogen-bond donors (Lipinski definition) is 1. The zero-order chi connectivity index (χ0) is 12.4. The molecule has 0 saturated carbocycles. The van der Waals surface area contributed by atoms with Crippen LogP contribution in [0.2, 0.25) is 5.02 Å². The third-order valence-corrected chi connectivity index (χ3v) is 4.06. The summed E-state index contributed by atoms with van der Waals surface area (Å²) in [5.41, 5.74) is 7.87. The van der Waals surface area contributed by atoms with Crippen molar-refractivity contribution < 1.29 is 0 Å². The molecule has 1 atom stereocenters. The minimum absolute atomic E-state index is 0.550. The van der Waals surface area contributed by atoms with Gasteiger partial charge in [-0.1, -0.05) is 31.5 Å². The maximum Gasteiger partial charge on any atom is 0.0642 e. The van der Waals surface area contributed by atoms with Gasteiger partial charge >= 0.3 is 0 Å². The molecule has 0 bridgehead atoms. The van der Waals surface area contributed by atoms with Crippen LogP contribution in [0.1, 0.15) is 25.8 Å². The molecule has 1 heterocycles. The lowest BCUT2D eigenvalue weighted by atomic mass is 9.95. The first-order valence-corrected chi connectivity index (χ1v) is 6.73. The van der Waals surface area contributed by atoms with Gasteiger partial charge in [-0.15, -0.1) is 0 Å². The molecule has 2 N–H and O–H groups in total. The molecule has 2 rings (SSSR count). The number of rotatable bonds is 3. The number of nitrogens with zero attached hydrogens (tertiary/aromatic N) is 1. The SMILES string of the molecule is CC(C)C1CCN(c2ccc(CN)cc2Cl)C1. The molecular weight excluding hydrogens is 232 g/mol. The van der Waals surface area contributed by atoms with E-state index in [-0.39, 0.29) is 0 Å². The Morgan fingerprint density at radius 1 is 1.47 bits per heavy atom. The molecule has 2 nitrogen and oxygen atoms in total. The summed E-state index contributed by atoms with van der Waals surface area (Å²) in [6.45, 7) is 7.39. The minimum atomic E-state index is 0.550. The topological polar surface area (TPSA) is 29.3 Å². The summed E-state index contributed by atoms with van der Waals surface area (Å²) < 4.78 is 0. The first-order chi connectivity index (χ1) is 8.11. The quantitative estimate of drug-likeness (QED) is 0.895. The Labute approximate surface area is 109 Å². The van der Waals surface area contributed by atoms with Gasteiger partial charge in [-0.25, -0.2) is 0 Å². The lowest BCUT2D eigenvalue weighted by Crippen LogP contribution is -2.21. The average molecular weight is 253 g/mol. The van der Waals surface area contributed by atoms with Crippen LogP contribution in [0.3, 0.4) is 0 Å². The third kappa shape index (κ3) is 2.75. The molecule has 3 heteroatoms. The van der Waals surface area contributed by atoms with E-state index in [2.05, 4.69) is 30.9 Å². The third-order valence-electron chi connectivity index (χ3n) is 3.76. The predicted octanol–water partition coefficient (Wildman–Crippen LogP) is 3.28. The van der Waals surface area contributed by atoms with Crippen molar-refractivity contribution in [2.75, 3.05) is 18.0 Å². The fourth-order valence-electron chi connectivity index (χ4n) is 2.48. The van der Waals surface area contributed by atoms with Crippen LogP contribution in [-0.4, -0.2) is 13.1 Å². The molecule has 0 aromatic heterocycles. The molecule has 0 spiro atoms. The van der Waals surface area contributed by atoms with Gasteiger partial charge in [0.2, 0.25) is 0 Å². The van der Waals surface area contributed by atoms with E-state index in [0.717, 1.165) is 41.2 Å². The summed E-state index contributed by atoms with van der Waals surface area (Å²) in [7, 11) is 0. The predicted molar refractivity (Wildman–Crippen MR) is 74.5 cm³/mol. The van der Waals surface area contributed by atoms with E-state index in [0.29, 0.717) is 6.54 Å². The van der Waals surface area contributed by atoms with Crippen LogP contribution in [0.5, 0.6) is 0 Å². The maximum atomic E-state index is 6.32. The number of halogens is 1. The first-order valence-electron chi connectivity index (χ1n) is 6.35. The van der Waals surface area contributed by atoms with Gasteiger partial charge in [-0.2, -0.15) is 0 Å². The summed E-state index contributed by atoms with van der Waals surface area (Å²) >= 11 is 6.32. The van der Waals surface area contributed by atoms with E-state index >= 15 is 0 Å². The van der Waals surface area contributed by atoms with Crippen LogP contribution in [0, 0.1) is 11.8 Å². The summed E-state index contributed by atoms with van der Waals surface area (Å²) in [5.74, 6) is 1.54. The molecule has 1 unspecified atom stereocenters. The lowest BCUT2D eigenvalue weighted by Gasteiger charge is -2.21. The Morgan fingerprint density at radius 2 is 2.24 bits per heavy atom. The molecule has 1 fully saturated rings. The molecule has 1 aromatic rings. The number of benzene rings is 1. The van der Waals surface area contributed by atoms with E-state index in [9.17, 15) is 0 Å². The second-order valence-electron chi connectivity index (χ2n) is 5.23. The Balaban J connectivity index is 2.13. The van der Waals surface area contributed by atoms with Crippen molar-refractivity contribution in [2.24, 2.45) is 17.6 Å². The van der Waals surface area contributed by atoms with Crippen molar-refractivity contribution >= 4 is 17.3 Å². The molecule has 1 aliphatic heterocycles. The van der Waals surface area contributed by atoms with Gasteiger partial charge in [0, 0.05) is 19.6 Å². The molecule has 17 heavy (non-hydrogen) atoms. The van der Waals surface area contributed by atoms with Gasteiger partial charge in [0.15, 0.2) is 0 Å². The highest BCUT2D eigenvalue weighted by atomic mass is 35.5. The second kappa shape index (κ2) is 5.28.